The molecule has 0 bridgehead atoms. The van der Waals surface area contributed by atoms with E-state index in [9.17, 15) is 4.79 Å². The molecule has 0 saturated heterocycles. The van der Waals surface area contributed by atoms with Gasteiger partial charge in [0.15, 0.2) is 5.78 Å². The molecule has 0 atom stereocenters. The molecule has 4 aromatic carbocycles. The van der Waals surface area contributed by atoms with E-state index in [1.54, 1.807) is 6.08 Å². The predicted molar refractivity (Wildman–Crippen MR) is 114 cm³/mol. The maximum atomic E-state index is 13.0. The highest BCUT2D eigenvalue weighted by molar-refractivity contribution is 14.1. The zero-order chi connectivity index (χ0) is 17.2. The van der Waals surface area contributed by atoms with Gasteiger partial charge in [0.2, 0.25) is 0 Å². The monoisotopic (exact) mass is 434 g/mol. The van der Waals surface area contributed by atoms with Gasteiger partial charge < -0.3 is 0 Å². The molecule has 0 saturated carbocycles. The summed E-state index contributed by atoms with van der Waals surface area (Å²) >= 11 is 2.28. The summed E-state index contributed by atoms with van der Waals surface area (Å²) in [5, 5.41) is 4.18. The van der Waals surface area contributed by atoms with Gasteiger partial charge in [0, 0.05) is 9.13 Å². The van der Waals surface area contributed by atoms with E-state index < -0.39 is 0 Å². The molecule has 25 heavy (non-hydrogen) atoms. The zero-order valence-corrected chi connectivity index (χ0v) is 15.6. The second-order valence-corrected chi connectivity index (χ2v) is 7.19. The molecule has 2 heteroatoms. The van der Waals surface area contributed by atoms with Gasteiger partial charge in [-0.15, -0.1) is 0 Å². The molecule has 1 nitrogen and oxygen atoms in total. The highest BCUT2D eigenvalue weighted by atomic mass is 127. The number of rotatable bonds is 3. The number of hydrogen-bond acceptors (Lipinski definition) is 1. The Labute approximate surface area is 160 Å². The number of benzene rings is 4. The maximum absolute atomic E-state index is 13.0. The van der Waals surface area contributed by atoms with E-state index in [-0.39, 0.29) is 5.78 Å². The molecule has 0 aliphatic carbocycles. The van der Waals surface area contributed by atoms with Crippen molar-refractivity contribution in [2.45, 2.75) is 0 Å². The Hall–Kier alpha value is -2.46. The van der Waals surface area contributed by atoms with Crippen molar-refractivity contribution in [2.24, 2.45) is 0 Å². The first-order valence-corrected chi connectivity index (χ1v) is 9.19. The van der Waals surface area contributed by atoms with Crippen LogP contribution < -0.4 is 0 Å². The molecule has 0 unspecified atom stereocenters. The van der Waals surface area contributed by atoms with Crippen molar-refractivity contribution in [3.05, 3.63) is 99.6 Å². The van der Waals surface area contributed by atoms with Crippen LogP contribution >= 0.6 is 22.6 Å². The summed E-state index contributed by atoms with van der Waals surface area (Å²) in [5.41, 5.74) is 1.80. The molecule has 0 amide bonds. The highest BCUT2D eigenvalue weighted by Crippen LogP contribution is 2.29. The van der Waals surface area contributed by atoms with Crippen molar-refractivity contribution >= 4 is 56.0 Å². The number of allylic oxidation sites excluding steroid dienone is 1. The van der Waals surface area contributed by atoms with Crippen LogP contribution in [0.5, 0.6) is 0 Å². The molecule has 4 rings (SSSR count). The largest absolute Gasteiger partial charge is 0.289 e. The number of carbonyl (C=O) groups excluding carboxylic acids is 1. The first kappa shape index (κ1) is 16.0. The van der Waals surface area contributed by atoms with Crippen LogP contribution in [0.15, 0.2) is 84.9 Å². The third-order valence-corrected chi connectivity index (χ3v) is 5.03. The number of hydrogen-bond donors (Lipinski definition) is 0. The van der Waals surface area contributed by atoms with Crippen molar-refractivity contribution in [1.82, 2.24) is 0 Å². The molecule has 0 heterocycles. The van der Waals surface area contributed by atoms with E-state index in [0.29, 0.717) is 0 Å². The first-order valence-electron chi connectivity index (χ1n) is 8.11. The van der Waals surface area contributed by atoms with Gasteiger partial charge in [0.1, 0.15) is 0 Å². The Morgan fingerprint density at radius 2 is 1.32 bits per heavy atom. The number of fused-ring (bicyclic) bond motifs is 2. The van der Waals surface area contributed by atoms with Crippen LogP contribution in [0.4, 0.5) is 0 Å². The van der Waals surface area contributed by atoms with Gasteiger partial charge >= 0.3 is 0 Å². The number of halogens is 1. The highest BCUT2D eigenvalue weighted by Gasteiger charge is 2.12. The van der Waals surface area contributed by atoms with Crippen molar-refractivity contribution in [3.8, 4) is 0 Å². The second-order valence-electron chi connectivity index (χ2n) is 5.94. The quantitative estimate of drug-likeness (QED) is 0.156. The number of carbonyl (C=O) groups is 1. The molecule has 0 radical (unpaired) electrons. The summed E-state index contributed by atoms with van der Waals surface area (Å²) in [4.78, 5) is 13.0. The Bertz CT molecular complexity index is 1050. The Kier molecular flexibility index (Phi) is 4.36. The molecular weight excluding hydrogens is 419 g/mol. The molecule has 0 aromatic heterocycles. The van der Waals surface area contributed by atoms with Gasteiger partial charge in [-0.2, -0.15) is 0 Å². The normalized spacial score (nSPS) is 11.4. The van der Waals surface area contributed by atoms with Gasteiger partial charge in [0.05, 0.1) is 0 Å². The zero-order valence-electron chi connectivity index (χ0n) is 13.4. The molecule has 0 fully saturated rings. The average molecular weight is 434 g/mol. The van der Waals surface area contributed by atoms with Crippen molar-refractivity contribution in [3.63, 3.8) is 0 Å². The molecule has 4 aromatic rings. The number of ketones is 1. The fourth-order valence-electron chi connectivity index (χ4n) is 3.11. The van der Waals surface area contributed by atoms with Gasteiger partial charge in [-0.1, -0.05) is 66.7 Å². The van der Waals surface area contributed by atoms with E-state index >= 15 is 0 Å². The minimum Gasteiger partial charge on any atom is -0.289 e. The molecule has 120 valence electrons. The molecule has 0 aliphatic rings. The maximum Gasteiger partial charge on any atom is 0.187 e. The third-order valence-electron chi connectivity index (χ3n) is 4.31. The average Bonchev–Trinajstić information content (AvgIpc) is 2.65. The lowest BCUT2D eigenvalue weighted by atomic mass is 9.94. The lowest BCUT2D eigenvalue weighted by Crippen LogP contribution is -1.98. The van der Waals surface area contributed by atoms with Crippen molar-refractivity contribution in [1.29, 1.82) is 0 Å². The molecule has 0 spiro atoms. The Morgan fingerprint density at radius 3 is 1.92 bits per heavy atom. The topological polar surface area (TPSA) is 17.1 Å². The fraction of sp³-hybridized carbons (Fsp3) is 0. The van der Waals surface area contributed by atoms with Crippen molar-refractivity contribution < 1.29 is 4.79 Å². The van der Waals surface area contributed by atoms with E-state index in [2.05, 4.69) is 40.8 Å². The molecular formula is C23H15IO. The van der Waals surface area contributed by atoms with Crippen LogP contribution in [-0.2, 0) is 0 Å². The summed E-state index contributed by atoms with van der Waals surface area (Å²) in [7, 11) is 0. The summed E-state index contributed by atoms with van der Waals surface area (Å²) in [6.45, 7) is 0. The summed E-state index contributed by atoms with van der Waals surface area (Å²) in [6, 6.07) is 26.4. The van der Waals surface area contributed by atoms with Crippen LogP contribution in [0, 0.1) is 3.57 Å². The third kappa shape index (κ3) is 3.22. The second kappa shape index (κ2) is 6.81. The van der Waals surface area contributed by atoms with Gasteiger partial charge in [0.25, 0.3) is 0 Å². The predicted octanol–water partition coefficient (Wildman–Crippen LogP) is 6.49. The SMILES string of the molecule is O=C(/C=C/c1ccc(I)cc1)c1c2ccccc2cc2ccccc12. The standard InChI is InChI=1S/C23H15IO/c24-19-12-9-16(10-13-19)11-14-22(25)23-20-7-3-1-5-17(20)15-18-6-2-4-8-21(18)23/h1-15H/b14-11+. The molecule has 0 aliphatic heterocycles. The lowest BCUT2D eigenvalue weighted by Gasteiger charge is -2.09. The van der Waals surface area contributed by atoms with E-state index in [1.165, 1.54) is 3.57 Å². The first-order chi connectivity index (χ1) is 12.2. The fourth-order valence-corrected chi connectivity index (χ4v) is 3.47. The Morgan fingerprint density at radius 1 is 0.760 bits per heavy atom. The summed E-state index contributed by atoms with van der Waals surface area (Å²) in [5.74, 6) is 0.0338. The van der Waals surface area contributed by atoms with E-state index in [0.717, 1.165) is 32.7 Å². The van der Waals surface area contributed by atoms with Gasteiger partial charge in [-0.05, 0) is 74.0 Å². The van der Waals surface area contributed by atoms with Gasteiger partial charge in [-0.25, -0.2) is 0 Å². The Balaban J connectivity index is 1.86. The molecule has 0 N–H and O–H groups in total. The van der Waals surface area contributed by atoms with Crippen LogP contribution in [-0.4, -0.2) is 5.78 Å². The lowest BCUT2D eigenvalue weighted by molar-refractivity contribution is 0.105. The van der Waals surface area contributed by atoms with Crippen LogP contribution in [0.1, 0.15) is 15.9 Å². The van der Waals surface area contributed by atoms with Crippen molar-refractivity contribution in [2.75, 3.05) is 0 Å². The van der Waals surface area contributed by atoms with Crippen LogP contribution in [0.2, 0.25) is 0 Å². The minimum atomic E-state index is 0.0338. The summed E-state index contributed by atoms with van der Waals surface area (Å²) < 4.78 is 1.18. The van der Waals surface area contributed by atoms with E-state index in [1.807, 2.05) is 66.7 Å². The smallest absolute Gasteiger partial charge is 0.187 e. The van der Waals surface area contributed by atoms with Crippen LogP contribution in [0.25, 0.3) is 27.6 Å². The summed E-state index contributed by atoms with van der Waals surface area (Å²) in [6.07, 6.45) is 3.56. The van der Waals surface area contributed by atoms with Gasteiger partial charge in [-0.3, -0.25) is 4.79 Å². The van der Waals surface area contributed by atoms with E-state index in [4.69, 9.17) is 0 Å². The minimum absolute atomic E-state index is 0.0338. The van der Waals surface area contributed by atoms with Crippen LogP contribution in [0.3, 0.4) is 0 Å².